The van der Waals surface area contributed by atoms with Gasteiger partial charge in [0.2, 0.25) is 5.91 Å². The van der Waals surface area contributed by atoms with Crippen LogP contribution in [0.4, 0.5) is 5.69 Å². The summed E-state index contributed by atoms with van der Waals surface area (Å²) in [6.07, 6.45) is 0. The molecule has 2 amide bonds. The van der Waals surface area contributed by atoms with E-state index in [9.17, 15) is 14.4 Å². The number of ether oxygens (including phenoxy) is 1. The smallest absolute Gasteiger partial charge is 0.260 e. The number of hydrogen-bond acceptors (Lipinski definition) is 4. The van der Waals surface area contributed by atoms with Crippen molar-refractivity contribution in [3.8, 4) is 5.75 Å². The van der Waals surface area contributed by atoms with Gasteiger partial charge in [-0.2, -0.15) is 0 Å². The van der Waals surface area contributed by atoms with Crippen molar-refractivity contribution in [2.45, 2.75) is 0 Å². The van der Waals surface area contributed by atoms with Gasteiger partial charge in [-0.1, -0.05) is 35.3 Å². The summed E-state index contributed by atoms with van der Waals surface area (Å²) < 4.78 is 5.49. The predicted octanol–water partition coefficient (Wildman–Crippen LogP) is 4.70. The third kappa shape index (κ3) is 6.33. The third-order valence-electron chi connectivity index (χ3n) is 4.54. The number of amides is 2. The summed E-state index contributed by atoms with van der Waals surface area (Å²) in [5.74, 6) is -0.465. The lowest BCUT2D eigenvalue weighted by molar-refractivity contribution is -0.135. The van der Waals surface area contributed by atoms with Crippen LogP contribution < -0.4 is 10.1 Å². The summed E-state index contributed by atoms with van der Waals surface area (Å²) in [5, 5.41) is 3.63. The second-order valence-corrected chi connectivity index (χ2v) is 7.77. The molecule has 3 rings (SSSR count). The topological polar surface area (TPSA) is 75.7 Å². The average Bonchev–Trinajstić information content (AvgIpc) is 2.79. The van der Waals surface area contributed by atoms with Gasteiger partial charge in [0, 0.05) is 23.2 Å². The van der Waals surface area contributed by atoms with Crippen LogP contribution in [0.25, 0.3) is 0 Å². The maximum atomic E-state index is 12.5. The number of halogens is 2. The Balaban J connectivity index is 1.49. The number of anilines is 1. The Bertz CT molecular complexity index is 1120. The molecule has 1 N–H and O–H groups in total. The number of rotatable bonds is 8. The minimum absolute atomic E-state index is 0.145. The number of para-hydroxylation sites is 1. The maximum absolute atomic E-state index is 12.5. The Kier molecular flexibility index (Phi) is 7.87. The summed E-state index contributed by atoms with van der Waals surface area (Å²) in [4.78, 5) is 38.2. The van der Waals surface area contributed by atoms with E-state index in [1.807, 2.05) is 0 Å². The lowest BCUT2D eigenvalue weighted by Crippen LogP contribution is -2.37. The number of benzene rings is 3. The molecule has 0 atom stereocenters. The molecule has 0 fully saturated rings. The highest BCUT2D eigenvalue weighted by molar-refractivity contribution is 6.33. The molecule has 6 nitrogen and oxygen atoms in total. The predicted molar refractivity (Wildman–Crippen MR) is 125 cm³/mol. The van der Waals surface area contributed by atoms with E-state index in [1.165, 1.54) is 11.9 Å². The van der Waals surface area contributed by atoms with Crippen molar-refractivity contribution < 1.29 is 19.1 Å². The summed E-state index contributed by atoms with van der Waals surface area (Å²) in [6, 6.07) is 19.9. The second-order valence-electron chi connectivity index (χ2n) is 6.93. The highest BCUT2D eigenvalue weighted by atomic mass is 35.5. The zero-order chi connectivity index (χ0) is 23.1. The van der Waals surface area contributed by atoms with Gasteiger partial charge in [0.1, 0.15) is 5.75 Å². The molecule has 0 spiro atoms. The van der Waals surface area contributed by atoms with E-state index in [4.69, 9.17) is 27.9 Å². The second kappa shape index (κ2) is 10.8. The minimum Gasteiger partial charge on any atom is -0.484 e. The lowest BCUT2D eigenvalue weighted by Gasteiger charge is -2.17. The standard InChI is InChI=1S/C24H20Cl2N2O4/c1-28(14-22(29)27-21-5-3-2-4-20(21)26)23(30)15-32-19-12-8-17(9-13-19)24(31)16-6-10-18(25)11-7-16/h2-13H,14-15H2,1H3,(H,27,29). The molecule has 0 aromatic heterocycles. The minimum atomic E-state index is -0.376. The fourth-order valence-corrected chi connectivity index (χ4v) is 3.09. The van der Waals surface area contributed by atoms with Gasteiger partial charge in [0.05, 0.1) is 17.3 Å². The van der Waals surface area contributed by atoms with Crippen molar-refractivity contribution >= 4 is 46.5 Å². The Hall–Kier alpha value is -3.35. The van der Waals surface area contributed by atoms with E-state index >= 15 is 0 Å². The highest BCUT2D eigenvalue weighted by Gasteiger charge is 2.15. The lowest BCUT2D eigenvalue weighted by atomic mass is 10.0. The molecule has 32 heavy (non-hydrogen) atoms. The van der Waals surface area contributed by atoms with Crippen LogP contribution in [0.5, 0.6) is 5.75 Å². The Morgan fingerprint density at radius 2 is 1.47 bits per heavy atom. The zero-order valence-electron chi connectivity index (χ0n) is 17.2. The van der Waals surface area contributed by atoms with Gasteiger partial charge in [-0.05, 0) is 60.7 Å². The number of hydrogen-bond donors (Lipinski definition) is 1. The Morgan fingerprint density at radius 3 is 2.09 bits per heavy atom. The first-order valence-electron chi connectivity index (χ1n) is 9.65. The quantitative estimate of drug-likeness (QED) is 0.484. The zero-order valence-corrected chi connectivity index (χ0v) is 18.7. The number of ketones is 1. The maximum Gasteiger partial charge on any atom is 0.260 e. The summed E-state index contributed by atoms with van der Waals surface area (Å²) in [6.45, 7) is -0.400. The van der Waals surface area contributed by atoms with Crippen LogP contribution in [-0.4, -0.2) is 42.7 Å². The van der Waals surface area contributed by atoms with Crippen molar-refractivity contribution in [3.63, 3.8) is 0 Å². The van der Waals surface area contributed by atoms with Crippen LogP contribution >= 0.6 is 23.2 Å². The van der Waals surface area contributed by atoms with Gasteiger partial charge in [-0.25, -0.2) is 0 Å². The average molecular weight is 471 g/mol. The van der Waals surface area contributed by atoms with Crippen LogP contribution in [0.1, 0.15) is 15.9 Å². The van der Waals surface area contributed by atoms with Gasteiger partial charge >= 0.3 is 0 Å². The van der Waals surface area contributed by atoms with Crippen molar-refractivity contribution in [1.29, 1.82) is 0 Å². The molecule has 0 radical (unpaired) electrons. The molecule has 0 bridgehead atoms. The highest BCUT2D eigenvalue weighted by Crippen LogP contribution is 2.20. The summed E-state index contributed by atoms with van der Waals surface area (Å²) >= 11 is 11.9. The molecule has 0 unspecified atom stereocenters. The first kappa shape index (κ1) is 23.3. The number of nitrogens with zero attached hydrogens (tertiary/aromatic N) is 1. The first-order chi connectivity index (χ1) is 15.3. The van der Waals surface area contributed by atoms with E-state index in [0.717, 1.165) is 0 Å². The van der Waals surface area contributed by atoms with Crippen LogP contribution in [0.2, 0.25) is 10.0 Å². The van der Waals surface area contributed by atoms with Crippen molar-refractivity contribution in [2.75, 3.05) is 25.5 Å². The van der Waals surface area contributed by atoms with Gasteiger partial charge < -0.3 is 15.0 Å². The molecule has 164 valence electrons. The molecule has 3 aromatic carbocycles. The van der Waals surface area contributed by atoms with Gasteiger partial charge in [0.25, 0.3) is 5.91 Å². The van der Waals surface area contributed by atoms with Crippen LogP contribution in [0.15, 0.2) is 72.8 Å². The SMILES string of the molecule is CN(CC(=O)Nc1ccccc1Cl)C(=O)COc1ccc(C(=O)c2ccc(Cl)cc2)cc1. The van der Waals surface area contributed by atoms with E-state index in [0.29, 0.717) is 32.6 Å². The Morgan fingerprint density at radius 1 is 0.875 bits per heavy atom. The monoisotopic (exact) mass is 470 g/mol. The van der Waals surface area contributed by atoms with Crippen LogP contribution in [-0.2, 0) is 9.59 Å². The molecule has 0 aliphatic rings. The van der Waals surface area contributed by atoms with Crippen molar-refractivity contribution in [2.24, 2.45) is 0 Å². The van der Waals surface area contributed by atoms with Crippen molar-refractivity contribution in [3.05, 3.63) is 94.0 Å². The fraction of sp³-hybridized carbons (Fsp3) is 0.125. The van der Waals surface area contributed by atoms with E-state index in [1.54, 1.807) is 72.8 Å². The van der Waals surface area contributed by atoms with Crippen molar-refractivity contribution in [1.82, 2.24) is 4.90 Å². The molecule has 0 saturated carbocycles. The number of carbonyl (C=O) groups is 3. The van der Waals surface area contributed by atoms with Crippen LogP contribution in [0.3, 0.4) is 0 Å². The van der Waals surface area contributed by atoms with Gasteiger partial charge in [-0.15, -0.1) is 0 Å². The number of carbonyl (C=O) groups excluding carboxylic acids is 3. The molecule has 0 saturated heterocycles. The summed E-state index contributed by atoms with van der Waals surface area (Å²) in [7, 11) is 1.51. The molecule has 0 heterocycles. The van der Waals surface area contributed by atoms with E-state index in [2.05, 4.69) is 5.32 Å². The van der Waals surface area contributed by atoms with E-state index < -0.39 is 0 Å². The fourth-order valence-electron chi connectivity index (χ4n) is 2.78. The van der Waals surface area contributed by atoms with E-state index in [-0.39, 0.29) is 30.7 Å². The first-order valence-corrected chi connectivity index (χ1v) is 10.4. The van der Waals surface area contributed by atoms with Crippen LogP contribution in [0, 0.1) is 0 Å². The van der Waals surface area contributed by atoms with Gasteiger partial charge in [0.15, 0.2) is 12.4 Å². The largest absolute Gasteiger partial charge is 0.484 e. The molecule has 0 aliphatic carbocycles. The number of nitrogens with one attached hydrogen (secondary N) is 1. The number of likely N-dealkylation sites (N-methyl/N-ethyl adjacent to an activating group) is 1. The normalized spacial score (nSPS) is 10.3. The molecule has 0 aliphatic heterocycles. The molecular formula is C24H20Cl2N2O4. The molecule has 3 aromatic rings. The third-order valence-corrected chi connectivity index (χ3v) is 5.12. The molecular weight excluding hydrogens is 451 g/mol. The Labute approximate surface area is 195 Å². The van der Waals surface area contributed by atoms with Gasteiger partial charge in [-0.3, -0.25) is 14.4 Å². The summed E-state index contributed by atoms with van der Waals surface area (Å²) in [5.41, 5.74) is 1.49. The molecule has 8 heteroatoms.